The monoisotopic (exact) mass is 257 g/mol. The minimum atomic E-state index is -1.01. The summed E-state index contributed by atoms with van der Waals surface area (Å²) in [5, 5.41) is 12.0. The van der Waals surface area contributed by atoms with Crippen molar-refractivity contribution in [1.29, 1.82) is 0 Å². The van der Waals surface area contributed by atoms with E-state index in [0.29, 0.717) is 0 Å². The molecule has 100 valence electrons. The molecule has 0 aliphatic heterocycles. The van der Waals surface area contributed by atoms with Crippen molar-refractivity contribution in [3.63, 3.8) is 0 Å². The molecular weight excluding hydrogens is 240 g/mol. The van der Waals surface area contributed by atoms with Crippen LogP contribution in [0.4, 0.5) is 8.78 Å². The van der Waals surface area contributed by atoms with Gasteiger partial charge in [0, 0.05) is 5.56 Å². The van der Waals surface area contributed by atoms with Gasteiger partial charge < -0.3 is 10.4 Å². The Morgan fingerprint density at radius 3 is 2.61 bits per heavy atom. The SMILES string of the molecule is CC(O)C(C)(C)NC(=O)Cc1cccc(F)c1F. The Bertz CT molecular complexity index is 445. The van der Waals surface area contributed by atoms with Gasteiger partial charge in [-0.2, -0.15) is 0 Å². The largest absolute Gasteiger partial charge is 0.391 e. The Balaban J connectivity index is 2.74. The zero-order valence-electron chi connectivity index (χ0n) is 10.6. The van der Waals surface area contributed by atoms with E-state index in [1.165, 1.54) is 12.1 Å². The number of hydrogen-bond donors (Lipinski definition) is 2. The van der Waals surface area contributed by atoms with Gasteiger partial charge in [-0.15, -0.1) is 0 Å². The first-order valence-electron chi connectivity index (χ1n) is 5.66. The molecule has 0 radical (unpaired) electrons. The molecule has 0 aliphatic carbocycles. The van der Waals surface area contributed by atoms with E-state index in [4.69, 9.17) is 0 Å². The average Bonchev–Trinajstić information content (AvgIpc) is 2.23. The zero-order valence-corrected chi connectivity index (χ0v) is 10.6. The molecule has 0 spiro atoms. The predicted molar refractivity (Wildman–Crippen MR) is 64.0 cm³/mol. The maximum absolute atomic E-state index is 13.3. The lowest BCUT2D eigenvalue weighted by Gasteiger charge is -2.29. The molecule has 0 heterocycles. The van der Waals surface area contributed by atoms with Gasteiger partial charge in [0.25, 0.3) is 0 Å². The molecule has 0 aliphatic rings. The van der Waals surface area contributed by atoms with E-state index in [-0.39, 0.29) is 12.0 Å². The minimum Gasteiger partial charge on any atom is -0.391 e. The lowest BCUT2D eigenvalue weighted by molar-refractivity contribution is -0.123. The number of aliphatic hydroxyl groups is 1. The fourth-order valence-electron chi connectivity index (χ4n) is 1.37. The molecule has 1 unspecified atom stereocenters. The van der Waals surface area contributed by atoms with E-state index in [1.54, 1.807) is 20.8 Å². The predicted octanol–water partition coefficient (Wildman–Crippen LogP) is 1.78. The van der Waals surface area contributed by atoms with Crippen LogP contribution in [0.1, 0.15) is 26.3 Å². The fraction of sp³-hybridized carbons (Fsp3) is 0.462. The molecule has 0 bridgehead atoms. The maximum Gasteiger partial charge on any atom is 0.225 e. The number of rotatable bonds is 4. The second-order valence-electron chi connectivity index (χ2n) is 4.84. The van der Waals surface area contributed by atoms with Gasteiger partial charge in [0.1, 0.15) is 0 Å². The molecule has 3 nitrogen and oxygen atoms in total. The number of aliphatic hydroxyl groups excluding tert-OH is 1. The highest BCUT2D eigenvalue weighted by atomic mass is 19.2. The summed E-state index contributed by atoms with van der Waals surface area (Å²) < 4.78 is 26.3. The van der Waals surface area contributed by atoms with Crippen LogP contribution in [-0.2, 0) is 11.2 Å². The molecule has 18 heavy (non-hydrogen) atoms. The summed E-state index contributed by atoms with van der Waals surface area (Å²) in [4.78, 5) is 11.7. The van der Waals surface area contributed by atoms with Gasteiger partial charge in [-0.3, -0.25) is 4.79 Å². The van der Waals surface area contributed by atoms with Gasteiger partial charge in [-0.1, -0.05) is 12.1 Å². The molecule has 1 aromatic rings. The Morgan fingerprint density at radius 2 is 2.06 bits per heavy atom. The number of carbonyl (C=O) groups excluding carboxylic acids is 1. The molecule has 0 aromatic heterocycles. The third-order valence-electron chi connectivity index (χ3n) is 2.89. The van der Waals surface area contributed by atoms with Gasteiger partial charge >= 0.3 is 0 Å². The van der Waals surface area contributed by atoms with Gasteiger partial charge in [0.15, 0.2) is 11.6 Å². The lowest BCUT2D eigenvalue weighted by Crippen LogP contribution is -2.51. The molecule has 2 N–H and O–H groups in total. The van der Waals surface area contributed by atoms with Crippen molar-refractivity contribution in [1.82, 2.24) is 5.32 Å². The van der Waals surface area contributed by atoms with Gasteiger partial charge in [0.2, 0.25) is 5.91 Å². The summed E-state index contributed by atoms with van der Waals surface area (Å²) in [7, 11) is 0. The van der Waals surface area contributed by atoms with Crippen molar-refractivity contribution >= 4 is 5.91 Å². The first-order valence-corrected chi connectivity index (χ1v) is 5.66. The third kappa shape index (κ3) is 3.50. The summed E-state index contributed by atoms with van der Waals surface area (Å²) in [5.41, 5.74) is -0.824. The van der Waals surface area contributed by atoms with E-state index in [9.17, 15) is 18.7 Å². The van der Waals surface area contributed by atoms with Crippen molar-refractivity contribution in [2.75, 3.05) is 0 Å². The van der Waals surface area contributed by atoms with Crippen LogP contribution in [0.5, 0.6) is 0 Å². The Kier molecular flexibility index (Phi) is 4.40. The van der Waals surface area contributed by atoms with Crippen LogP contribution < -0.4 is 5.32 Å². The summed E-state index contributed by atoms with van der Waals surface area (Å²) in [6.07, 6.45) is -1.02. The van der Waals surface area contributed by atoms with Crippen LogP contribution in [0.25, 0.3) is 0 Å². The highest BCUT2D eigenvalue weighted by Crippen LogP contribution is 2.13. The van der Waals surface area contributed by atoms with Gasteiger partial charge in [-0.25, -0.2) is 8.78 Å². The first-order chi connectivity index (χ1) is 8.24. The second kappa shape index (κ2) is 5.44. The van der Waals surface area contributed by atoms with E-state index >= 15 is 0 Å². The average molecular weight is 257 g/mol. The van der Waals surface area contributed by atoms with Crippen molar-refractivity contribution < 1.29 is 18.7 Å². The number of halogens is 2. The molecule has 5 heteroatoms. The lowest BCUT2D eigenvalue weighted by atomic mass is 9.98. The molecule has 1 amide bonds. The molecule has 0 saturated carbocycles. The van der Waals surface area contributed by atoms with Crippen LogP contribution in [-0.4, -0.2) is 22.7 Å². The fourth-order valence-corrected chi connectivity index (χ4v) is 1.37. The van der Waals surface area contributed by atoms with Crippen LogP contribution in [0.2, 0.25) is 0 Å². The van der Waals surface area contributed by atoms with Crippen molar-refractivity contribution in [3.05, 3.63) is 35.4 Å². The number of hydrogen-bond acceptors (Lipinski definition) is 2. The smallest absolute Gasteiger partial charge is 0.225 e. The normalized spacial score (nSPS) is 13.2. The summed E-state index contributed by atoms with van der Waals surface area (Å²) in [5.74, 6) is -2.46. The zero-order chi connectivity index (χ0) is 13.9. The van der Waals surface area contributed by atoms with E-state index in [2.05, 4.69) is 5.32 Å². The van der Waals surface area contributed by atoms with Crippen LogP contribution >= 0.6 is 0 Å². The van der Waals surface area contributed by atoms with Crippen molar-refractivity contribution in [2.24, 2.45) is 0 Å². The second-order valence-corrected chi connectivity index (χ2v) is 4.84. The summed E-state index contributed by atoms with van der Waals surface area (Å²) in [6.45, 7) is 4.85. The van der Waals surface area contributed by atoms with Crippen molar-refractivity contribution in [2.45, 2.75) is 38.8 Å². The molecule has 1 atom stereocenters. The molecule has 1 aromatic carbocycles. The van der Waals surface area contributed by atoms with Crippen LogP contribution in [0.3, 0.4) is 0 Å². The summed E-state index contributed by atoms with van der Waals surface area (Å²) in [6, 6.07) is 3.70. The van der Waals surface area contributed by atoms with Crippen LogP contribution in [0.15, 0.2) is 18.2 Å². The Labute approximate surface area is 105 Å². The molecule has 0 saturated heterocycles. The molecule has 0 fully saturated rings. The highest BCUT2D eigenvalue weighted by Gasteiger charge is 2.26. The number of benzene rings is 1. The van der Waals surface area contributed by atoms with Gasteiger partial charge in [0.05, 0.1) is 18.1 Å². The van der Waals surface area contributed by atoms with E-state index < -0.39 is 29.2 Å². The first kappa shape index (κ1) is 14.6. The van der Waals surface area contributed by atoms with E-state index in [1.807, 2.05) is 0 Å². The Morgan fingerprint density at radius 1 is 1.44 bits per heavy atom. The van der Waals surface area contributed by atoms with Crippen molar-refractivity contribution in [3.8, 4) is 0 Å². The van der Waals surface area contributed by atoms with Gasteiger partial charge in [-0.05, 0) is 26.8 Å². The minimum absolute atomic E-state index is 0.00565. The van der Waals surface area contributed by atoms with Crippen LogP contribution in [0, 0.1) is 11.6 Å². The highest BCUT2D eigenvalue weighted by molar-refractivity contribution is 5.79. The van der Waals surface area contributed by atoms with E-state index in [0.717, 1.165) is 6.07 Å². The standard InChI is InChI=1S/C13H17F2NO2/c1-8(17)13(2,3)16-11(18)7-9-5-4-6-10(14)12(9)15/h4-6,8,17H,7H2,1-3H3,(H,16,18). The number of amides is 1. The third-order valence-corrected chi connectivity index (χ3v) is 2.89. The molecular formula is C13H17F2NO2. The quantitative estimate of drug-likeness (QED) is 0.864. The summed E-state index contributed by atoms with van der Waals surface area (Å²) >= 11 is 0. The Hall–Kier alpha value is -1.49. The molecule has 1 rings (SSSR count). The topological polar surface area (TPSA) is 49.3 Å². The number of carbonyl (C=O) groups is 1. The maximum atomic E-state index is 13.3. The number of nitrogens with one attached hydrogen (secondary N) is 1.